The highest BCUT2D eigenvalue weighted by atomic mass is 16.5. The zero-order valence-electron chi connectivity index (χ0n) is 14.8. The second-order valence-electron chi connectivity index (χ2n) is 5.74. The summed E-state index contributed by atoms with van der Waals surface area (Å²) in [5.74, 6) is -0.0206. The Morgan fingerprint density at radius 2 is 1.80 bits per heavy atom. The second-order valence-corrected chi connectivity index (χ2v) is 5.74. The molecular formula is C20H23NO4. The van der Waals surface area contributed by atoms with Crippen LogP contribution in [0.5, 0.6) is 5.75 Å². The molecule has 0 aliphatic carbocycles. The number of methoxy groups -OCH3 is 1. The molecule has 0 saturated carbocycles. The van der Waals surface area contributed by atoms with Gasteiger partial charge >= 0.3 is 5.97 Å². The van der Waals surface area contributed by atoms with Gasteiger partial charge in [0.05, 0.1) is 12.7 Å². The van der Waals surface area contributed by atoms with Crippen LogP contribution in [0.3, 0.4) is 0 Å². The van der Waals surface area contributed by atoms with Gasteiger partial charge in [0, 0.05) is 6.54 Å². The highest BCUT2D eigenvalue weighted by molar-refractivity contribution is 5.93. The third-order valence-electron chi connectivity index (χ3n) is 4.07. The van der Waals surface area contributed by atoms with Crippen LogP contribution in [0.25, 0.3) is 0 Å². The van der Waals surface area contributed by atoms with Crippen LogP contribution in [0.2, 0.25) is 0 Å². The van der Waals surface area contributed by atoms with E-state index in [1.807, 2.05) is 44.2 Å². The Balaban J connectivity index is 1.79. The number of nitrogens with one attached hydrogen (secondary N) is 1. The van der Waals surface area contributed by atoms with E-state index in [1.165, 1.54) is 0 Å². The first-order valence-electron chi connectivity index (χ1n) is 8.15. The zero-order chi connectivity index (χ0) is 18.2. The number of carbonyl (C=O) groups is 2. The molecule has 25 heavy (non-hydrogen) atoms. The Morgan fingerprint density at radius 3 is 2.56 bits per heavy atom. The number of aryl methyl sites for hydroxylation is 1. The Kier molecular flexibility index (Phi) is 6.57. The normalized spacial score (nSPS) is 10.2. The summed E-state index contributed by atoms with van der Waals surface area (Å²) in [6.07, 6.45) is 0.640. The molecule has 0 radical (unpaired) electrons. The van der Waals surface area contributed by atoms with E-state index in [-0.39, 0.29) is 12.5 Å². The van der Waals surface area contributed by atoms with Crippen molar-refractivity contribution in [3.8, 4) is 5.75 Å². The number of ether oxygens (including phenoxy) is 2. The van der Waals surface area contributed by atoms with E-state index in [0.717, 1.165) is 22.4 Å². The fourth-order valence-corrected chi connectivity index (χ4v) is 2.48. The molecule has 0 saturated heterocycles. The van der Waals surface area contributed by atoms with Gasteiger partial charge in [0.15, 0.2) is 6.61 Å². The summed E-state index contributed by atoms with van der Waals surface area (Å²) in [4.78, 5) is 23.9. The maximum absolute atomic E-state index is 12.1. The molecule has 0 spiro atoms. The lowest BCUT2D eigenvalue weighted by Crippen LogP contribution is -2.30. The lowest BCUT2D eigenvalue weighted by Gasteiger charge is -2.10. The van der Waals surface area contributed by atoms with Crippen molar-refractivity contribution in [2.45, 2.75) is 20.3 Å². The first kappa shape index (κ1) is 18.5. The minimum Gasteiger partial charge on any atom is -0.496 e. The number of amides is 1. The van der Waals surface area contributed by atoms with Crippen molar-refractivity contribution in [2.75, 3.05) is 20.3 Å². The smallest absolute Gasteiger partial charge is 0.338 e. The number of carbonyl (C=O) groups excluding carboxylic acids is 2. The SMILES string of the molecule is COc1ccccc1CCNC(=O)COC(=O)c1cccc(C)c1C. The van der Waals surface area contributed by atoms with Crippen LogP contribution < -0.4 is 10.1 Å². The summed E-state index contributed by atoms with van der Waals surface area (Å²) in [5.41, 5.74) is 3.37. The minimum atomic E-state index is -0.485. The molecular weight excluding hydrogens is 318 g/mol. The molecule has 5 heteroatoms. The molecule has 0 fully saturated rings. The Labute approximate surface area is 148 Å². The van der Waals surface area contributed by atoms with E-state index in [0.29, 0.717) is 18.5 Å². The zero-order valence-corrected chi connectivity index (χ0v) is 14.8. The number of rotatable bonds is 7. The summed E-state index contributed by atoms with van der Waals surface area (Å²) < 4.78 is 10.4. The average molecular weight is 341 g/mol. The monoisotopic (exact) mass is 341 g/mol. The quantitative estimate of drug-likeness (QED) is 0.787. The lowest BCUT2D eigenvalue weighted by molar-refractivity contribution is -0.124. The van der Waals surface area contributed by atoms with Gasteiger partial charge in [0.2, 0.25) is 0 Å². The van der Waals surface area contributed by atoms with Gasteiger partial charge in [-0.2, -0.15) is 0 Å². The van der Waals surface area contributed by atoms with Gasteiger partial charge in [0.1, 0.15) is 5.75 Å². The second kappa shape index (κ2) is 8.87. The van der Waals surface area contributed by atoms with E-state index in [4.69, 9.17) is 9.47 Å². The van der Waals surface area contributed by atoms with E-state index in [9.17, 15) is 9.59 Å². The molecule has 2 aromatic rings. The standard InChI is InChI=1S/C20H23NO4/c1-14-7-6-9-17(15(14)2)20(23)25-13-19(22)21-12-11-16-8-4-5-10-18(16)24-3/h4-10H,11-13H2,1-3H3,(H,21,22). The van der Waals surface area contributed by atoms with E-state index >= 15 is 0 Å². The number of hydrogen-bond donors (Lipinski definition) is 1. The maximum atomic E-state index is 12.1. The summed E-state index contributed by atoms with van der Waals surface area (Å²) in [6.45, 7) is 3.94. The summed E-state index contributed by atoms with van der Waals surface area (Å²) in [6, 6.07) is 13.1. The molecule has 0 atom stereocenters. The fraction of sp³-hybridized carbons (Fsp3) is 0.300. The molecule has 5 nitrogen and oxygen atoms in total. The van der Waals surface area contributed by atoms with E-state index < -0.39 is 5.97 Å². The van der Waals surface area contributed by atoms with Crippen molar-refractivity contribution in [3.05, 3.63) is 64.7 Å². The molecule has 2 aromatic carbocycles. The topological polar surface area (TPSA) is 64.6 Å². The van der Waals surface area contributed by atoms with Crippen LogP contribution in [-0.4, -0.2) is 32.1 Å². The molecule has 132 valence electrons. The average Bonchev–Trinajstić information content (AvgIpc) is 2.62. The molecule has 1 N–H and O–H groups in total. The maximum Gasteiger partial charge on any atom is 0.338 e. The summed E-state index contributed by atoms with van der Waals surface area (Å²) in [5, 5.41) is 2.74. The highest BCUT2D eigenvalue weighted by Crippen LogP contribution is 2.17. The molecule has 2 rings (SSSR count). The number of hydrogen-bond acceptors (Lipinski definition) is 4. The predicted octanol–water partition coefficient (Wildman–Crippen LogP) is 2.83. The van der Waals surface area contributed by atoms with Gasteiger partial charge < -0.3 is 14.8 Å². The van der Waals surface area contributed by atoms with Crippen molar-refractivity contribution in [2.24, 2.45) is 0 Å². The lowest BCUT2D eigenvalue weighted by atomic mass is 10.0. The van der Waals surface area contributed by atoms with Crippen LogP contribution >= 0.6 is 0 Å². The van der Waals surface area contributed by atoms with Crippen molar-refractivity contribution in [1.82, 2.24) is 5.32 Å². The first-order chi connectivity index (χ1) is 12.0. The molecule has 0 aliphatic heterocycles. The van der Waals surface area contributed by atoms with Crippen molar-refractivity contribution >= 4 is 11.9 Å². The van der Waals surface area contributed by atoms with Gasteiger partial charge in [0.25, 0.3) is 5.91 Å². The van der Waals surface area contributed by atoms with Crippen LogP contribution in [0.1, 0.15) is 27.0 Å². The predicted molar refractivity (Wildman–Crippen MR) is 95.9 cm³/mol. The molecule has 0 bridgehead atoms. The third kappa shape index (κ3) is 5.08. The number of benzene rings is 2. The van der Waals surface area contributed by atoms with Crippen LogP contribution in [0, 0.1) is 13.8 Å². The van der Waals surface area contributed by atoms with E-state index in [2.05, 4.69) is 5.32 Å². The first-order valence-corrected chi connectivity index (χ1v) is 8.15. The van der Waals surface area contributed by atoms with Crippen LogP contribution in [0.15, 0.2) is 42.5 Å². The number of para-hydroxylation sites is 1. The fourth-order valence-electron chi connectivity index (χ4n) is 2.48. The molecule has 0 aromatic heterocycles. The van der Waals surface area contributed by atoms with E-state index in [1.54, 1.807) is 19.2 Å². The van der Waals surface area contributed by atoms with Crippen LogP contribution in [0.4, 0.5) is 0 Å². The highest BCUT2D eigenvalue weighted by Gasteiger charge is 2.13. The largest absolute Gasteiger partial charge is 0.496 e. The Bertz CT molecular complexity index is 755. The van der Waals surface area contributed by atoms with Gasteiger partial charge in [-0.3, -0.25) is 4.79 Å². The van der Waals surface area contributed by atoms with Crippen molar-refractivity contribution in [1.29, 1.82) is 0 Å². The Hall–Kier alpha value is -2.82. The molecule has 0 unspecified atom stereocenters. The van der Waals surface area contributed by atoms with Gasteiger partial charge in [-0.15, -0.1) is 0 Å². The van der Waals surface area contributed by atoms with Crippen molar-refractivity contribution < 1.29 is 19.1 Å². The van der Waals surface area contributed by atoms with Gasteiger partial charge in [-0.05, 0) is 49.1 Å². The minimum absolute atomic E-state index is 0.294. The molecule has 1 amide bonds. The van der Waals surface area contributed by atoms with Crippen molar-refractivity contribution in [3.63, 3.8) is 0 Å². The Morgan fingerprint density at radius 1 is 1.04 bits per heavy atom. The molecule has 0 aliphatic rings. The third-order valence-corrected chi connectivity index (χ3v) is 4.07. The van der Waals surface area contributed by atoms with Gasteiger partial charge in [-0.25, -0.2) is 4.79 Å². The molecule has 0 heterocycles. The van der Waals surface area contributed by atoms with Crippen LogP contribution in [-0.2, 0) is 16.0 Å². The number of esters is 1. The van der Waals surface area contributed by atoms with Gasteiger partial charge in [-0.1, -0.05) is 30.3 Å². The summed E-state index contributed by atoms with van der Waals surface area (Å²) >= 11 is 0. The summed E-state index contributed by atoms with van der Waals surface area (Å²) in [7, 11) is 1.62.